The van der Waals surface area contributed by atoms with E-state index in [0.29, 0.717) is 0 Å². The van der Waals surface area contributed by atoms with Crippen LogP contribution in [0.4, 0.5) is 0 Å². The van der Waals surface area contributed by atoms with Crippen molar-refractivity contribution in [3.05, 3.63) is 0 Å². The van der Waals surface area contributed by atoms with Gasteiger partial charge in [0, 0.05) is 12.3 Å². The molecule has 2 N–H and O–H groups in total. The van der Waals surface area contributed by atoms with Crippen LogP contribution in [0.2, 0.25) is 0 Å². The Kier molecular flexibility index (Phi) is 20.1. The predicted molar refractivity (Wildman–Crippen MR) is 37.5 cm³/mol. The van der Waals surface area contributed by atoms with Crippen LogP contribution in [0.1, 0.15) is 0 Å². The number of hydrogen-bond donors (Lipinski definition) is 1. The molecular formula is C5H9NO4PtS. The number of nitrogens with two attached hydrogens (primary N) is 1. The Hall–Kier alpha value is -0.0617. The van der Waals surface area contributed by atoms with Crippen molar-refractivity contribution < 1.29 is 40.9 Å². The fraction of sp³-hybridized carbons (Fsp3) is 0.600. The summed E-state index contributed by atoms with van der Waals surface area (Å²) >= 11 is 1.78. The first-order chi connectivity index (χ1) is 5.06. The summed E-state index contributed by atoms with van der Waals surface area (Å²) in [6.07, 6.45) is 2.05. The third-order valence-corrected chi connectivity index (χ3v) is 1.13. The standard InChI is InChI=1S/C3H9NS.C2H2O4.Pt/c1-5-3-2-4;3-1(4)2(5)6;/h2-4H2,1H3;(H,3,4)(H,5,6);/q;;+2/p-2. The molecule has 12 heavy (non-hydrogen) atoms. The Labute approximate surface area is 89.0 Å². The van der Waals surface area contributed by atoms with Crippen molar-refractivity contribution in [3.8, 4) is 0 Å². The van der Waals surface area contributed by atoms with E-state index >= 15 is 0 Å². The fourth-order valence-corrected chi connectivity index (χ4v) is 0.354. The molecule has 0 heterocycles. The van der Waals surface area contributed by atoms with Gasteiger partial charge in [-0.2, -0.15) is 11.8 Å². The van der Waals surface area contributed by atoms with E-state index in [9.17, 15) is 0 Å². The zero-order valence-corrected chi connectivity index (χ0v) is 9.44. The van der Waals surface area contributed by atoms with Gasteiger partial charge in [0.05, 0.1) is 11.9 Å². The second-order valence-corrected chi connectivity index (χ2v) is 2.34. The molecule has 0 aromatic carbocycles. The van der Waals surface area contributed by atoms with Gasteiger partial charge in [0.25, 0.3) is 0 Å². The van der Waals surface area contributed by atoms with Gasteiger partial charge in [-0.3, -0.25) is 0 Å². The average molecular weight is 374 g/mol. The van der Waals surface area contributed by atoms with Gasteiger partial charge in [-0.05, 0) is 6.26 Å². The quantitative estimate of drug-likeness (QED) is 0.510. The van der Waals surface area contributed by atoms with Crippen molar-refractivity contribution in [2.24, 2.45) is 5.73 Å². The van der Waals surface area contributed by atoms with E-state index in [1.807, 2.05) is 6.26 Å². The Balaban J connectivity index is -0.000000126. The van der Waals surface area contributed by atoms with E-state index in [-0.39, 0.29) is 21.1 Å². The first kappa shape index (κ1) is 17.9. The van der Waals surface area contributed by atoms with Crippen molar-refractivity contribution in [1.82, 2.24) is 0 Å². The predicted octanol–water partition coefficient (Wildman–Crippen LogP) is -3.21. The van der Waals surface area contributed by atoms with E-state index in [2.05, 4.69) is 0 Å². The zero-order chi connectivity index (χ0) is 9.28. The van der Waals surface area contributed by atoms with Crippen molar-refractivity contribution in [1.29, 1.82) is 0 Å². The smallest absolute Gasteiger partial charge is 0.543 e. The van der Waals surface area contributed by atoms with E-state index in [1.54, 1.807) is 11.8 Å². The molecule has 74 valence electrons. The molecule has 0 aliphatic rings. The molecular weight excluding hydrogens is 365 g/mol. The van der Waals surface area contributed by atoms with Gasteiger partial charge in [-0.25, -0.2) is 0 Å². The van der Waals surface area contributed by atoms with Crippen LogP contribution >= 0.6 is 11.8 Å². The molecule has 0 bridgehead atoms. The SMILES string of the molecule is CSCCN.O=C([O-])C(=O)[O-].[Pt+2]. The van der Waals surface area contributed by atoms with Crippen LogP contribution in [0, 0.1) is 0 Å². The molecule has 0 spiro atoms. The summed E-state index contributed by atoms with van der Waals surface area (Å²) in [6, 6.07) is 0. The molecule has 0 aromatic heterocycles. The number of carboxylic acid groups (broad SMARTS) is 2. The van der Waals surface area contributed by atoms with Crippen LogP contribution < -0.4 is 15.9 Å². The molecule has 0 aliphatic carbocycles. The summed E-state index contributed by atoms with van der Waals surface area (Å²) in [5.41, 5.74) is 5.12. The summed E-state index contributed by atoms with van der Waals surface area (Å²) in [5, 5.41) is 17.9. The topological polar surface area (TPSA) is 106 Å². The van der Waals surface area contributed by atoms with Crippen molar-refractivity contribution in [2.75, 3.05) is 18.6 Å². The van der Waals surface area contributed by atoms with E-state index in [0.717, 1.165) is 12.3 Å². The summed E-state index contributed by atoms with van der Waals surface area (Å²) in [4.78, 5) is 17.9. The Morgan fingerprint density at radius 1 is 1.33 bits per heavy atom. The number of aliphatic carboxylic acids is 2. The Morgan fingerprint density at radius 3 is 1.67 bits per heavy atom. The number of thioether (sulfide) groups is 1. The molecule has 0 fully saturated rings. The minimum Gasteiger partial charge on any atom is -0.543 e. The van der Waals surface area contributed by atoms with Gasteiger partial charge in [-0.15, -0.1) is 0 Å². The van der Waals surface area contributed by atoms with Crippen LogP contribution in [-0.2, 0) is 30.7 Å². The van der Waals surface area contributed by atoms with Crippen molar-refractivity contribution in [3.63, 3.8) is 0 Å². The third kappa shape index (κ3) is 22.5. The van der Waals surface area contributed by atoms with Crippen LogP contribution in [0.5, 0.6) is 0 Å². The molecule has 0 saturated heterocycles. The number of carboxylic acids is 2. The molecule has 0 saturated carbocycles. The van der Waals surface area contributed by atoms with Gasteiger partial charge < -0.3 is 25.5 Å². The summed E-state index contributed by atoms with van der Waals surface area (Å²) in [7, 11) is 0. The maximum Gasteiger partial charge on any atom is 2.00 e. The van der Waals surface area contributed by atoms with Gasteiger partial charge >= 0.3 is 21.1 Å². The largest absolute Gasteiger partial charge is 2.00 e. The van der Waals surface area contributed by atoms with E-state index < -0.39 is 11.9 Å². The summed E-state index contributed by atoms with van der Waals surface area (Å²) in [5.74, 6) is -3.29. The summed E-state index contributed by atoms with van der Waals surface area (Å²) in [6.45, 7) is 0.807. The molecule has 0 radical (unpaired) electrons. The Bertz CT molecular complexity index is 119. The van der Waals surface area contributed by atoms with Gasteiger partial charge in [0.15, 0.2) is 0 Å². The van der Waals surface area contributed by atoms with Gasteiger partial charge in [0.1, 0.15) is 0 Å². The molecule has 5 nitrogen and oxygen atoms in total. The van der Waals surface area contributed by atoms with Gasteiger partial charge in [0.2, 0.25) is 0 Å². The number of rotatable bonds is 2. The summed E-state index contributed by atoms with van der Waals surface area (Å²) < 4.78 is 0. The van der Waals surface area contributed by atoms with E-state index in [4.69, 9.17) is 25.5 Å². The first-order valence-electron chi connectivity index (χ1n) is 2.67. The maximum atomic E-state index is 8.93. The number of carbonyl (C=O) groups excluding carboxylic acids is 2. The average Bonchev–Trinajstić information content (AvgIpc) is 1.90. The number of carbonyl (C=O) groups is 2. The fourth-order valence-electron chi connectivity index (χ4n) is 0.118. The second-order valence-electron chi connectivity index (χ2n) is 1.36. The minimum atomic E-state index is -2.19. The maximum absolute atomic E-state index is 8.93. The first-order valence-corrected chi connectivity index (χ1v) is 4.07. The van der Waals surface area contributed by atoms with Crippen LogP contribution in [-0.4, -0.2) is 30.5 Å². The van der Waals surface area contributed by atoms with Crippen LogP contribution in [0.15, 0.2) is 0 Å². The van der Waals surface area contributed by atoms with E-state index in [1.165, 1.54) is 0 Å². The monoisotopic (exact) mass is 374 g/mol. The molecule has 7 heteroatoms. The normalized spacial score (nSPS) is 7.17. The Morgan fingerprint density at radius 2 is 1.67 bits per heavy atom. The molecule has 0 atom stereocenters. The third-order valence-electron chi connectivity index (χ3n) is 0.489. The molecule has 0 rings (SSSR count). The molecule has 0 aliphatic heterocycles. The second kappa shape index (κ2) is 13.5. The number of hydrogen-bond acceptors (Lipinski definition) is 6. The van der Waals surface area contributed by atoms with Gasteiger partial charge in [-0.1, -0.05) is 0 Å². The minimum absolute atomic E-state index is 0. The molecule has 0 amide bonds. The van der Waals surface area contributed by atoms with Crippen LogP contribution in [0.3, 0.4) is 0 Å². The van der Waals surface area contributed by atoms with Crippen molar-refractivity contribution in [2.45, 2.75) is 0 Å². The van der Waals surface area contributed by atoms with Crippen molar-refractivity contribution >= 4 is 23.7 Å². The van der Waals surface area contributed by atoms with Crippen LogP contribution in [0.25, 0.3) is 0 Å². The zero-order valence-electron chi connectivity index (χ0n) is 6.35. The molecule has 0 unspecified atom stereocenters. The molecule has 0 aromatic rings.